The van der Waals surface area contributed by atoms with Crippen LogP contribution in [0.4, 0.5) is 0 Å². The summed E-state index contributed by atoms with van der Waals surface area (Å²) in [6, 6.07) is 12.8. The molecule has 1 aromatic heterocycles. The second kappa shape index (κ2) is 5.26. The number of ether oxygens (including phenoxy) is 2. The Bertz CT molecular complexity index is 994. The predicted octanol–water partition coefficient (Wildman–Crippen LogP) is 2.58. The Morgan fingerprint density at radius 2 is 1.96 bits per heavy atom. The molecule has 3 aromatic rings. The number of aromatic nitrogens is 1. The minimum atomic E-state index is -0.846. The lowest BCUT2D eigenvalue weighted by atomic mass is 9.90. The molecule has 0 aliphatic carbocycles. The number of aliphatic carboxylic acids is 1. The molecule has 0 radical (unpaired) electrons. The van der Waals surface area contributed by atoms with Gasteiger partial charge in [0.1, 0.15) is 6.04 Å². The minimum absolute atomic E-state index is 0.215. The second-order valence-corrected chi connectivity index (χ2v) is 6.37. The highest BCUT2D eigenvalue weighted by atomic mass is 16.7. The maximum Gasteiger partial charge on any atom is 0.321 e. The number of hydrogen-bond donors (Lipinski definition) is 3. The molecule has 0 bridgehead atoms. The monoisotopic (exact) mass is 336 g/mol. The molecule has 5 rings (SSSR count). The van der Waals surface area contributed by atoms with Crippen molar-refractivity contribution in [1.82, 2.24) is 10.3 Å². The van der Waals surface area contributed by atoms with Gasteiger partial charge in [0, 0.05) is 23.0 Å². The molecular formula is C19H16N2O4. The number of para-hydroxylation sites is 1. The number of benzene rings is 2. The number of carboxylic acid groups (broad SMARTS) is 1. The number of fused-ring (bicyclic) bond motifs is 4. The van der Waals surface area contributed by atoms with E-state index in [0.29, 0.717) is 17.9 Å². The van der Waals surface area contributed by atoms with Crippen molar-refractivity contribution in [3.63, 3.8) is 0 Å². The number of hydrogen-bond acceptors (Lipinski definition) is 4. The first kappa shape index (κ1) is 14.4. The van der Waals surface area contributed by atoms with Gasteiger partial charge in [-0.1, -0.05) is 24.3 Å². The number of rotatable bonds is 2. The topological polar surface area (TPSA) is 83.6 Å². The normalized spacial score (nSPS) is 21.3. The van der Waals surface area contributed by atoms with Crippen molar-refractivity contribution in [2.75, 3.05) is 6.79 Å². The predicted molar refractivity (Wildman–Crippen MR) is 91.0 cm³/mol. The highest BCUT2D eigenvalue weighted by molar-refractivity contribution is 5.87. The molecule has 2 atom stereocenters. The standard InChI is InChI=1S/C19H16N2O4/c22-19(23)14-8-12-11-3-1-2-4-13(11)20-18(12)17(21-14)10-5-6-15-16(7-10)25-9-24-15/h1-7,14,17,20-21H,8-9H2,(H,22,23)/t14-,17+/m0/s1. The third-order valence-electron chi connectivity index (χ3n) is 4.94. The van der Waals surface area contributed by atoms with Gasteiger partial charge in [-0.05, 0) is 29.3 Å². The maximum absolute atomic E-state index is 11.7. The van der Waals surface area contributed by atoms with Gasteiger partial charge in [-0.3, -0.25) is 10.1 Å². The molecule has 126 valence electrons. The SMILES string of the molecule is O=C(O)[C@@H]1Cc2c([nH]c3ccccc23)[C@@H](c2ccc3c(c2)OCO3)N1. The van der Waals surface area contributed by atoms with Gasteiger partial charge in [-0.15, -0.1) is 0 Å². The molecule has 0 fully saturated rings. The number of H-pyrrole nitrogens is 1. The first-order valence-electron chi connectivity index (χ1n) is 8.18. The van der Waals surface area contributed by atoms with Crippen LogP contribution in [-0.2, 0) is 11.2 Å². The van der Waals surface area contributed by atoms with Crippen LogP contribution in [0.1, 0.15) is 22.9 Å². The summed E-state index contributed by atoms with van der Waals surface area (Å²) >= 11 is 0. The average molecular weight is 336 g/mol. The summed E-state index contributed by atoms with van der Waals surface area (Å²) in [5.41, 5.74) is 4.04. The number of carbonyl (C=O) groups is 1. The Hall–Kier alpha value is -2.99. The van der Waals surface area contributed by atoms with Crippen molar-refractivity contribution in [3.8, 4) is 11.5 Å². The van der Waals surface area contributed by atoms with Crippen LogP contribution in [-0.4, -0.2) is 28.9 Å². The van der Waals surface area contributed by atoms with E-state index in [1.165, 1.54) is 0 Å². The van der Waals surface area contributed by atoms with Crippen LogP contribution >= 0.6 is 0 Å². The van der Waals surface area contributed by atoms with Crippen molar-refractivity contribution in [1.29, 1.82) is 0 Å². The molecule has 3 N–H and O–H groups in total. The van der Waals surface area contributed by atoms with Gasteiger partial charge in [0.15, 0.2) is 11.5 Å². The summed E-state index contributed by atoms with van der Waals surface area (Å²) in [5, 5.41) is 13.9. The molecule has 0 amide bonds. The van der Waals surface area contributed by atoms with Gasteiger partial charge in [-0.2, -0.15) is 0 Å². The molecule has 0 saturated carbocycles. The smallest absolute Gasteiger partial charge is 0.321 e. The second-order valence-electron chi connectivity index (χ2n) is 6.37. The van der Waals surface area contributed by atoms with E-state index >= 15 is 0 Å². The van der Waals surface area contributed by atoms with Gasteiger partial charge in [0.05, 0.1) is 6.04 Å². The zero-order valence-corrected chi connectivity index (χ0v) is 13.3. The molecule has 25 heavy (non-hydrogen) atoms. The van der Waals surface area contributed by atoms with Crippen LogP contribution < -0.4 is 14.8 Å². The zero-order chi connectivity index (χ0) is 17.0. The van der Waals surface area contributed by atoms with E-state index in [1.54, 1.807) is 0 Å². The Labute approximate surface area is 143 Å². The summed E-state index contributed by atoms with van der Waals surface area (Å²) in [6.07, 6.45) is 0.454. The van der Waals surface area contributed by atoms with E-state index in [2.05, 4.69) is 10.3 Å². The van der Waals surface area contributed by atoms with Gasteiger partial charge in [0.25, 0.3) is 0 Å². The first-order chi connectivity index (χ1) is 12.2. The summed E-state index contributed by atoms with van der Waals surface area (Å²) in [6.45, 7) is 0.215. The average Bonchev–Trinajstić information content (AvgIpc) is 3.24. The molecule has 0 unspecified atom stereocenters. The number of nitrogens with one attached hydrogen (secondary N) is 2. The third kappa shape index (κ3) is 2.18. The molecule has 0 spiro atoms. The summed E-state index contributed by atoms with van der Waals surface area (Å²) < 4.78 is 10.8. The van der Waals surface area contributed by atoms with Crippen molar-refractivity contribution in [3.05, 3.63) is 59.3 Å². The van der Waals surface area contributed by atoms with E-state index in [1.807, 2.05) is 42.5 Å². The van der Waals surface area contributed by atoms with Gasteiger partial charge in [-0.25, -0.2) is 0 Å². The Morgan fingerprint density at radius 1 is 1.12 bits per heavy atom. The lowest BCUT2D eigenvalue weighted by molar-refractivity contribution is -0.139. The molecular weight excluding hydrogens is 320 g/mol. The summed E-state index contributed by atoms with van der Waals surface area (Å²) in [4.78, 5) is 15.1. The quantitative estimate of drug-likeness (QED) is 0.670. The van der Waals surface area contributed by atoms with E-state index in [4.69, 9.17) is 9.47 Å². The Balaban J connectivity index is 1.67. The van der Waals surface area contributed by atoms with Crippen LogP contribution in [0.15, 0.2) is 42.5 Å². The van der Waals surface area contributed by atoms with Crippen LogP contribution in [0.2, 0.25) is 0 Å². The lowest BCUT2D eigenvalue weighted by Crippen LogP contribution is -2.44. The molecule has 6 heteroatoms. The van der Waals surface area contributed by atoms with Crippen LogP contribution in [0.5, 0.6) is 11.5 Å². The minimum Gasteiger partial charge on any atom is -0.480 e. The Morgan fingerprint density at radius 3 is 2.84 bits per heavy atom. The summed E-state index contributed by atoms with van der Waals surface area (Å²) in [7, 11) is 0. The molecule has 3 heterocycles. The van der Waals surface area contributed by atoms with Crippen molar-refractivity contribution in [2.45, 2.75) is 18.5 Å². The molecule has 2 aliphatic heterocycles. The largest absolute Gasteiger partial charge is 0.480 e. The van der Waals surface area contributed by atoms with Crippen molar-refractivity contribution < 1.29 is 19.4 Å². The Kier molecular flexibility index (Phi) is 3.02. The fourth-order valence-electron chi connectivity index (χ4n) is 3.75. The van der Waals surface area contributed by atoms with Gasteiger partial charge in [0.2, 0.25) is 6.79 Å². The third-order valence-corrected chi connectivity index (χ3v) is 4.94. The van der Waals surface area contributed by atoms with Crippen molar-refractivity contribution >= 4 is 16.9 Å². The van der Waals surface area contributed by atoms with Gasteiger partial charge >= 0.3 is 5.97 Å². The van der Waals surface area contributed by atoms with E-state index < -0.39 is 12.0 Å². The highest BCUT2D eigenvalue weighted by Crippen LogP contribution is 2.39. The van der Waals surface area contributed by atoms with Crippen molar-refractivity contribution in [2.24, 2.45) is 0 Å². The molecule has 2 aliphatic rings. The van der Waals surface area contributed by atoms with Gasteiger partial charge < -0.3 is 19.6 Å². The van der Waals surface area contributed by atoms with Crippen LogP contribution in [0.3, 0.4) is 0 Å². The summed E-state index contributed by atoms with van der Waals surface area (Å²) in [5.74, 6) is 0.558. The number of carboxylic acids is 1. The molecule has 2 aromatic carbocycles. The number of aromatic amines is 1. The van der Waals surface area contributed by atoms with E-state index in [9.17, 15) is 9.90 Å². The zero-order valence-electron chi connectivity index (χ0n) is 13.3. The highest BCUT2D eigenvalue weighted by Gasteiger charge is 2.34. The fourth-order valence-corrected chi connectivity index (χ4v) is 3.75. The van der Waals surface area contributed by atoms with Crippen LogP contribution in [0.25, 0.3) is 10.9 Å². The maximum atomic E-state index is 11.7. The first-order valence-corrected chi connectivity index (χ1v) is 8.18. The van der Waals surface area contributed by atoms with E-state index in [-0.39, 0.29) is 12.8 Å². The van der Waals surface area contributed by atoms with Crippen LogP contribution in [0, 0.1) is 0 Å². The molecule has 0 saturated heterocycles. The van der Waals surface area contributed by atoms with E-state index in [0.717, 1.165) is 27.7 Å². The molecule has 6 nitrogen and oxygen atoms in total. The lowest BCUT2D eigenvalue weighted by Gasteiger charge is -2.29. The fraction of sp³-hybridized carbons (Fsp3) is 0.211.